The fourth-order valence-corrected chi connectivity index (χ4v) is 3.05. The molecule has 0 atom stereocenters. The first-order valence-electron chi connectivity index (χ1n) is 10.3. The van der Waals surface area contributed by atoms with Gasteiger partial charge in [-0.05, 0) is 57.0 Å². The average molecular weight is 416 g/mol. The van der Waals surface area contributed by atoms with E-state index in [1.807, 2.05) is 57.2 Å². The van der Waals surface area contributed by atoms with Gasteiger partial charge in [0, 0.05) is 25.4 Å². The van der Waals surface area contributed by atoms with Crippen LogP contribution in [0.25, 0.3) is 0 Å². The normalized spacial score (nSPS) is 10.9. The molecular formula is C23H33N3O4. The zero-order valence-corrected chi connectivity index (χ0v) is 18.6. The third-order valence-electron chi connectivity index (χ3n) is 4.84. The van der Waals surface area contributed by atoms with Gasteiger partial charge in [-0.2, -0.15) is 0 Å². The smallest absolute Gasteiger partial charge is 0.322 e. The summed E-state index contributed by atoms with van der Waals surface area (Å²) in [4.78, 5) is 29.1. The summed E-state index contributed by atoms with van der Waals surface area (Å²) >= 11 is 0. The van der Waals surface area contributed by atoms with Crippen LogP contribution in [0.4, 0.5) is 10.5 Å². The van der Waals surface area contributed by atoms with Gasteiger partial charge in [-0.1, -0.05) is 19.1 Å². The number of hydrogen-bond donors (Lipinski definition) is 1. The lowest BCUT2D eigenvalue weighted by molar-refractivity contribution is -0.133. The summed E-state index contributed by atoms with van der Waals surface area (Å²) in [6.45, 7) is 8.85. The first-order chi connectivity index (χ1) is 14.3. The Hall–Kier alpha value is -2.80. The van der Waals surface area contributed by atoms with Crippen LogP contribution in [-0.2, 0) is 22.5 Å². The number of amides is 3. The van der Waals surface area contributed by atoms with Gasteiger partial charge in [-0.25, -0.2) is 4.79 Å². The monoisotopic (exact) mass is 415 g/mol. The third kappa shape index (κ3) is 6.91. The van der Waals surface area contributed by atoms with Crippen molar-refractivity contribution in [1.82, 2.24) is 9.80 Å². The number of nitrogens with zero attached hydrogens (tertiary/aromatic N) is 2. The fourth-order valence-electron chi connectivity index (χ4n) is 3.05. The minimum atomic E-state index is -0.299. The maximum absolute atomic E-state index is 13.0. The molecule has 1 aromatic carbocycles. The van der Waals surface area contributed by atoms with Crippen LogP contribution in [0.15, 0.2) is 40.8 Å². The molecule has 164 valence electrons. The minimum absolute atomic E-state index is 0.0274. The number of furan rings is 1. The summed E-state index contributed by atoms with van der Waals surface area (Å²) in [6.07, 6.45) is 0.886. The van der Waals surface area contributed by atoms with Gasteiger partial charge in [-0.15, -0.1) is 0 Å². The van der Waals surface area contributed by atoms with E-state index >= 15 is 0 Å². The van der Waals surface area contributed by atoms with E-state index in [0.717, 1.165) is 23.4 Å². The third-order valence-corrected chi connectivity index (χ3v) is 4.84. The Morgan fingerprint density at radius 2 is 1.97 bits per heavy atom. The van der Waals surface area contributed by atoms with Crippen molar-refractivity contribution in [2.24, 2.45) is 0 Å². The highest BCUT2D eigenvalue weighted by molar-refractivity contribution is 5.92. The molecular weight excluding hydrogens is 382 g/mol. The summed E-state index contributed by atoms with van der Waals surface area (Å²) in [7, 11) is 1.60. The molecule has 1 heterocycles. The highest BCUT2D eigenvalue weighted by Crippen LogP contribution is 2.14. The van der Waals surface area contributed by atoms with Crippen LogP contribution in [0.5, 0.6) is 0 Å². The summed E-state index contributed by atoms with van der Waals surface area (Å²) in [5, 5.41) is 2.91. The maximum Gasteiger partial charge on any atom is 0.322 e. The molecule has 0 unspecified atom stereocenters. The predicted octanol–water partition coefficient (Wildman–Crippen LogP) is 4.07. The molecule has 3 amide bonds. The van der Waals surface area contributed by atoms with E-state index in [-0.39, 0.29) is 24.5 Å². The number of rotatable bonds is 10. The number of methoxy groups -OCH3 is 1. The molecule has 1 aromatic heterocycles. The topological polar surface area (TPSA) is 75.0 Å². The molecule has 0 spiro atoms. The molecule has 0 aliphatic heterocycles. The molecule has 7 nitrogen and oxygen atoms in total. The maximum atomic E-state index is 13.0. The first kappa shape index (κ1) is 23.5. The van der Waals surface area contributed by atoms with E-state index in [4.69, 9.17) is 9.15 Å². The van der Waals surface area contributed by atoms with Gasteiger partial charge in [0.15, 0.2) is 0 Å². The molecule has 2 rings (SSSR count). The van der Waals surface area contributed by atoms with Crippen molar-refractivity contribution in [2.45, 2.75) is 46.7 Å². The molecule has 0 saturated heterocycles. The average Bonchev–Trinajstić information content (AvgIpc) is 3.13. The number of urea groups is 1. The molecule has 1 N–H and O–H groups in total. The van der Waals surface area contributed by atoms with Crippen LogP contribution in [0.1, 0.15) is 37.9 Å². The lowest BCUT2D eigenvalue weighted by Crippen LogP contribution is -2.47. The summed E-state index contributed by atoms with van der Waals surface area (Å²) in [5.41, 5.74) is 1.86. The molecule has 0 radical (unpaired) electrons. The zero-order chi connectivity index (χ0) is 22.1. The van der Waals surface area contributed by atoms with E-state index in [1.54, 1.807) is 12.0 Å². The minimum Gasteiger partial charge on any atom is -0.464 e. The van der Waals surface area contributed by atoms with Crippen molar-refractivity contribution in [1.29, 1.82) is 0 Å². The number of nitrogens with one attached hydrogen (secondary N) is 1. The zero-order valence-electron chi connectivity index (χ0n) is 18.6. The molecule has 30 heavy (non-hydrogen) atoms. The van der Waals surface area contributed by atoms with Crippen LogP contribution in [0.2, 0.25) is 0 Å². The summed E-state index contributed by atoms with van der Waals surface area (Å²) in [5.74, 6) is 1.34. The molecule has 0 fully saturated rings. The number of aryl methyl sites for hydroxylation is 2. The lowest BCUT2D eigenvalue weighted by Gasteiger charge is -2.30. The first-order valence-corrected chi connectivity index (χ1v) is 10.3. The highest BCUT2D eigenvalue weighted by Gasteiger charge is 2.24. The Balaban J connectivity index is 2.09. The molecule has 2 aromatic rings. The number of hydrogen-bond acceptors (Lipinski definition) is 4. The second-order valence-corrected chi connectivity index (χ2v) is 7.53. The molecule has 0 aliphatic rings. The fraction of sp³-hybridized carbons (Fsp3) is 0.478. The Labute approximate surface area is 179 Å². The lowest BCUT2D eigenvalue weighted by atomic mass is 10.1. The van der Waals surface area contributed by atoms with Crippen molar-refractivity contribution in [2.75, 3.05) is 32.1 Å². The van der Waals surface area contributed by atoms with Gasteiger partial charge < -0.3 is 24.3 Å². The predicted molar refractivity (Wildman–Crippen MR) is 117 cm³/mol. The van der Waals surface area contributed by atoms with Crippen molar-refractivity contribution in [3.63, 3.8) is 0 Å². The number of anilines is 1. The van der Waals surface area contributed by atoms with Crippen LogP contribution >= 0.6 is 0 Å². The number of benzene rings is 1. The molecule has 7 heteroatoms. The van der Waals surface area contributed by atoms with E-state index in [9.17, 15) is 9.59 Å². The van der Waals surface area contributed by atoms with Gasteiger partial charge in [0.1, 0.15) is 18.1 Å². The van der Waals surface area contributed by atoms with Crippen LogP contribution < -0.4 is 5.32 Å². The van der Waals surface area contributed by atoms with Crippen LogP contribution in [0, 0.1) is 6.92 Å². The second kappa shape index (κ2) is 11.4. The van der Waals surface area contributed by atoms with E-state index in [0.29, 0.717) is 25.5 Å². The Kier molecular flexibility index (Phi) is 8.92. The van der Waals surface area contributed by atoms with Gasteiger partial charge >= 0.3 is 6.03 Å². The SMILES string of the molecule is CCc1cccc(NC(=O)N(CC(=O)N(CCOC)Cc2ccc(C)o2)C(C)C)c1. The van der Waals surface area contributed by atoms with Crippen molar-refractivity contribution in [3.8, 4) is 0 Å². The summed E-state index contributed by atoms with van der Waals surface area (Å²) in [6, 6.07) is 11.0. The highest BCUT2D eigenvalue weighted by atomic mass is 16.5. The Morgan fingerprint density at radius 1 is 1.20 bits per heavy atom. The molecule has 0 bridgehead atoms. The number of carbonyl (C=O) groups excluding carboxylic acids is 2. The summed E-state index contributed by atoms with van der Waals surface area (Å²) < 4.78 is 10.8. The van der Waals surface area contributed by atoms with Crippen molar-refractivity contribution >= 4 is 17.6 Å². The van der Waals surface area contributed by atoms with Gasteiger partial charge in [0.25, 0.3) is 0 Å². The molecule has 0 aliphatic carbocycles. The van der Waals surface area contributed by atoms with Gasteiger partial charge in [0.2, 0.25) is 5.91 Å². The van der Waals surface area contributed by atoms with Crippen molar-refractivity contribution in [3.05, 3.63) is 53.5 Å². The Bertz CT molecular complexity index is 831. The largest absolute Gasteiger partial charge is 0.464 e. The van der Waals surface area contributed by atoms with E-state index < -0.39 is 0 Å². The molecule has 0 saturated carbocycles. The van der Waals surface area contributed by atoms with Crippen LogP contribution in [0.3, 0.4) is 0 Å². The van der Waals surface area contributed by atoms with Gasteiger partial charge in [0.05, 0.1) is 13.2 Å². The van der Waals surface area contributed by atoms with Crippen molar-refractivity contribution < 1.29 is 18.7 Å². The number of carbonyl (C=O) groups is 2. The van der Waals surface area contributed by atoms with E-state index in [1.165, 1.54) is 4.90 Å². The quantitative estimate of drug-likeness (QED) is 0.635. The number of ether oxygens (including phenoxy) is 1. The standard InChI is InChI=1S/C23H33N3O4/c1-6-19-8-7-9-20(14-19)24-23(28)26(17(2)3)16-22(27)25(12-13-29-5)15-21-11-10-18(4)30-21/h7-11,14,17H,6,12-13,15-16H2,1-5H3,(H,24,28). The van der Waals surface area contributed by atoms with Crippen LogP contribution in [-0.4, -0.2) is 54.6 Å². The Morgan fingerprint density at radius 3 is 2.57 bits per heavy atom. The second-order valence-electron chi connectivity index (χ2n) is 7.53. The van der Waals surface area contributed by atoms with E-state index in [2.05, 4.69) is 12.2 Å². The van der Waals surface area contributed by atoms with Gasteiger partial charge in [-0.3, -0.25) is 4.79 Å².